The van der Waals surface area contributed by atoms with Crippen LogP contribution in [0.15, 0.2) is 16.3 Å². The monoisotopic (exact) mass is 437 g/mol. The van der Waals surface area contributed by atoms with Crippen LogP contribution in [-0.2, 0) is 10.0 Å². The van der Waals surface area contributed by atoms with Gasteiger partial charge in [0.25, 0.3) is 0 Å². The summed E-state index contributed by atoms with van der Waals surface area (Å²) in [5, 5.41) is 0. The maximum atomic E-state index is 12.9. The lowest BCUT2D eigenvalue weighted by atomic mass is 9.70. The van der Waals surface area contributed by atoms with Crippen LogP contribution in [0.25, 0.3) is 0 Å². The number of hydrogen-bond acceptors (Lipinski definition) is 4. The zero-order valence-corrected chi connectivity index (χ0v) is 19.6. The molecule has 5 nitrogen and oxygen atoms in total. The van der Waals surface area contributed by atoms with Crippen molar-refractivity contribution in [1.82, 2.24) is 9.62 Å². The molecule has 0 aromatic heterocycles. The van der Waals surface area contributed by atoms with Crippen molar-refractivity contribution in [3.8, 4) is 0 Å². The zero-order chi connectivity index (χ0) is 22.8. The Kier molecular flexibility index (Phi) is 5.81. The Balaban J connectivity index is 2.60. The highest BCUT2D eigenvalue weighted by Crippen LogP contribution is 2.47. The molecule has 1 N–H and O–H groups in total. The predicted molar refractivity (Wildman–Crippen MR) is 110 cm³/mol. The second-order valence-corrected chi connectivity index (χ2v) is 12.9. The van der Waals surface area contributed by atoms with Gasteiger partial charge in [-0.3, -0.25) is 4.99 Å². The van der Waals surface area contributed by atoms with Crippen molar-refractivity contribution in [3.63, 3.8) is 0 Å². The normalized spacial score (nSPS) is 24.7. The summed E-state index contributed by atoms with van der Waals surface area (Å²) in [4.78, 5) is 7.02. The number of nitrogens with one attached hydrogen (secondary N) is 1. The van der Waals surface area contributed by atoms with Crippen LogP contribution >= 0.6 is 0 Å². The van der Waals surface area contributed by atoms with Gasteiger partial charge in [-0.2, -0.15) is 13.2 Å². The molecular formula is C20H34F3N3O2S. The number of aliphatic imine (C=N–C) groups is 1. The molecule has 0 saturated carbocycles. The standard InChI is InChI=1S/C20H34F3N3O2S/c1-17(2,3)14-13-10-12(25-29(27,28)20(21,22)23)11-26(13)16(19(7,8)9)24-15(14)18(4,5)6/h12,15,25H,10-11H2,1-9H3. The molecule has 0 aromatic carbocycles. The van der Waals surface area contributed by atoms with Crippen LogP contribution in [0.4, 0.5) is 13.2 Å². The smallest absolute Gasteiger partial charge is 0.332 e. The Morgan fingerprint density at radius 1 is 0.966 bits per heavy atom. The van der Waals surface area contributed by atoms with Gasteiger partial charge < -0.3 is 4.90 Å². The molecule has 0 spiro atoms. The third-order valence-corrected chi connectivity index (χ3v) is 6.44. The number of hydrogen-bond donors (Lipinski definition) is 1. The largest absolute Gasteiger partial charge is 0.511 e. The van der Waals surface area contributed by atoms with Crippen molar-refractivity contribution in [2.75, 3.05) is 6.54 Å². The van der Waals surface area contributed by atoms with Crippen LogP contribution in [0.2, 0.25) is 0 Å². The summed E-state index contributed by atoms with van der Waals surface area (Å²) < 4.78 is 64.0. The van der Waals surface area contributed by atoms with E-state index in [-0.39, 0.29) is 35.3 Å². The van der Waals surface area contributed by atoms with Gasteiger partial charge in [0, 0.05) is 30.1 Å². The molecular weight excluding hydrogens is 403 g/mol. The molecule has 9 heteroatoms. The van der Waals surface area contributed by atoms with E-state index in [1.807, 2.05) is 30.4 Å². The minimum absolute atomic E-state index is 0.136. The second kappa shape index (κ2) is 6.97. The van der Waals surface area contributed by atoms with Crippen molar-refractivity contribution in [2.24, 2.45) is 21.2 Å². The Bertz CT molecular complexity index is 823. The van der Waals surface area contributed by atoms with Crippen LogP contribution in [0.1, 0.15) is 68.7 Å². The number of fused-ring (bicyclic) bond motifs is 1. The fourth-order valence-electron chi connectivity index (χ4n) is 4.06. The average Bonchev–Trinajstić information content (AvgIpc) is 2.82. The zero-order valence-electron chi connectivity index (χ0n) is 18.8. The molecule has 2 aliphatic heterocycles. The molecule has 2 aliphatic rings. The Morgan fingerprint density at radius 3 is 1.86 bits per heavy atom. The van der Waals surface area contributed by atoms with E-state index >= 15 is 0 Å². The van der Waals surface area contributed by atoms with Crippen LogP contribution in [0.5, 0.6) is 0 Å². The molecule has 2 atom stereocenters. The Labute approximate surface area is 172 Å². The summed E-state index contributed by atoms with van der Waals surface area (Å²) in [6, 6.07) is -0.999. The predicted octanol–water partition coefficient (Wildman–Crippen LogP) is 4.67. The van der Waals surface area contributed by atoms with E-state index in [1.54, 1.807) is 0 Å². The van der Waals surface area contributed by atoms with Crippen molar-refractivity contribution in [3.05, 3.63) is 11.3 Å². The molecule has 0 amide bonds. The number of sulfonamides is 1. The van der Waals surface area contributed by atoms with Crippen molar-refractivity contribution >= 4 is 15.9 Å². The van der Waals surface area contributed by atoms with E-state index in [0.717, 1.165) is 17.1 Å². The molecule has 0 aromatic rings. The van der Waals surface area contributed by atoms with Gasteiger partial charge in [0.15, 0.2) is 0 Å². The first kappa shape index (κ1) is 24.2. The molecule has 1 saturated heterocycles. The number of nitrogens with zero attached hydrogens (tertiary/aromatic N) is 2. The van der Waals surface area contributed by atoms with E-state index in [1.165, 1.54) is 0 Å². The van der Waals surface area contributed by atoms with E-state index in [2.05, 4.69) is 41.5 Å². The lowest BCUT2D eigenvalue weighted by Crippen LogP contribution is -2.48. The number of rotatable bonds is 2. The molecule has 29 heavy (non-hydrogen) atoms. The Morgan fingerprint density at radius 2 is 1.48 bits per heavy atom. The van der Waals surface area contributed by atoms with Gasteiger partial charge >= 0.3 is 15.5 Å². The maximum Gasteiger partial charge on any atom is 0.511 e. The third kappa shape index (κ3) is 4.81. The van der Waals surface area contributed by atoms with Gasteiger partial charge in [-0.15, -0.1) is 0 Å². The quantitative estimate of drug-likeness (QED) is 0.683. The summed E-state index contributed by atoms with van der Waals surface area (Å²) in [5.74, 6) is 0.786. The van der Waals surface area contributed by atoms with Crippen molar-refractivity contribution in [1.29, 1.82) is 0 Å². The third-order valence-electron chi connectivity index (χ3n) is 5.19. The first-order valence-corrected chi connectivity index (χ1v) is 11.3. The van der Waals surface area contributed by atoms with E-state index in [4.69, 9.17) is 4.99 Å². The first-order valence-electron chi connectivity index (χ1n) is 9.84. The second-order valence-electron chi connectivity index (χ2n) is 11.2. The summed E-state index contributed by atoms with van der Waals surface area (Å²) in [6.07, 6.45) is 0.212. The SMILES string of the molecule is CC(C)(C)C1=NC(C(C)(C)C)C(C(C)(C)C)=C2CC(NS(=O)(=O)C(F)(F)F)CN12. The van der Waals surface area contributed by atoms with Gasteiger partial charge in [-0.1, -0.05) is 62.3 Å². The fraction of sp³-hybridized carbons (Fsp3) is 0.850. The van der Waals surface area contributed by atoms with Gasteiger partial charge in [0.2, 0.25) is 0 Å². The number of alkyl halides is 3. The summed E-state index contributed by atoms with van der Waals surface area (Å²) in [7, 11) is -5.41. The highest BCUT2D eigenvalue weighted by molar-refractivity contribution is 7.90. The Hall–Kier alpha value is -1.09. The van der Waals surface area contributed by atoms with Crippen LogP contribution in [-0.4, -0.2) is 43.3 Å². The lowest BCUT2D eigenvalue weighted by Gasteiger charge is -2.45. The minimum Gasteiger partial charge on any atom is -0.332 e. The average molecular weight is 438 g/mol. The fourth-order valence-corrected chi connectivity index (χ4v) is 4.79. The van der Waals surface area contributed by atoms with Gasteiger partial charge in [-0.25, -0.2) is 13.1 Å². The van der Waals surface area contributed by atoms with Gasteiger partial charge in [-0.05, 0) is 16.4 Å². The van der Waals surface area contributed by atoms with Crippen LogP contribution in [0.3, 0.4) is 0 Å². The van der Waals surface area contributed by atoms with Crippen LogP contribution in [0, 0.1) is 16.2 Å². The van der Waals surface area contributed by atoms with Crippen molar-refractivity contribution < 1.29 is 21.6 Å². The minimum atomic E-state index is -5.41. The van der Waals surface area contributed by atoms with Gasteiger partial charge in [0.05, 0.1) is 6.04 Å². The summed E-state index contributed by atoms with van der Waals surface area (Å²) in [5.41, 5.74) is -4.17. The van der Waals surface area contributed by atoms with Crippen LogP contribution < -0.4 is 4.72 Å². The molecule has 2 heterocycles. The molecule has 0 aliphatic carbocycles. The van der Waals surface area contributed by atoms with Gasteiger partial charge in [0.1, 0.15) is 5.84 Å². The highest BCUT2D eigenvalue weighted by atomic mass is 32.2. The molecule has 1 fully saturated rings. The molecule has 0 bridgehead atoms. The molecule has 168 valence electrons. The topological polar surface area (TPSA) is 61.8 Å². The van der Waals surface area contributed by atoms with Crippen molar-refractivity contribution in [2.45, 2.75) is 86.3 Å². The summed E-state index contributed by atoms with van der Waals surface area (Å²) in [6.45, 7) is 18.7. The maximum absolute atomic E-state index is 12.9. The first-order chi connectivity index (χ1) is 12.7. The van der Waals surface area contributed by atoms with E-state index in [0.29, 0.717) is 0 Å². The number of amidine groups is 1. The summed E-state index contributed by atoms with van der Waals surface area (Å²) >= 11 is 0. The molecule has 2 unspecified atom stereocenters. The number of halogens is 3. The molecule has 0 radical (unpaired) electrons. The highest BCUT2D eigenvalue weighted by Gasteiger charge is 2.50. The van der Waals surface area contributed by atoms with E-state index < -0.39 is 21.6 Å². The lowest BCUT2D eigenvalue weighted by molar-refractivity contribution is -0.0450. The molecule has 2 rings (SSSR count). The van der Waals surface area contributed by atoms with E-state index in [9.17, 15) is 21.6 Å².